The van der Waals surface area contributed by atoms with Crippen LogP contribution in [0.25, 0.3) is 0 Å². The first-order valence-electron chi connectivity index (χ1n) is 19.9. The molecule has 2 amide bonds. The number of aliphatic carboxylic acids is 1. The number of nitrogens with zero attached hydrogens (tertiary/aromatic N) is 1. The number of esters is 1. The molecule has 1 heterocycles. The van der Waals surface area contributed by atoms with Crippen LogP contribution in [0.2, 0.25) is 0 Å². The van der Waals surface area contributed by atoms with Crippen LogP contribution in [0, 0.1) is 29.1 Å². The van der Waals surface area contributed by atoms with E-state index in [4.69, 9.17) is 49.8 Å². The van der Waals surface area contributed by atoms with E-state index in [0.717, 1.165) is 12.0 Å². The summed E-state index contributed by atoms with van der Waals surface area (Å²) >= 11 is 0. The fourth-order valence-electron chi connectivity index (χ4n) is 6.44. The lowest BCUT2D eigenvalue weighted by Crippen LogP contribution is -2.45. The Kier molecular flexibility index (Phi) is 19.4. The highest BCUT2D eigenvalue weighted by molar-refractivity contribution is 5.84. The Balaban J connectivity index is 0.00000157. The summed E-state index contributed by atoms with van der Waals surface area (Å²) in [5.74, 6) is -2.57. The van der Waals surface area contributed by atoms with Crippen LogP contribution in [0.1, 0.15) is 99.0 Å². The second-order valence-electron chi connectivity index (χ2n) is 16.6. The van der Waals surface area contributed by atoms with Gasteiger partial charge in [-0.15, -0.1) is 0 Å². The van der Waals surface area contributed by atoms with E-state index in [0.29, 0.717) is 63.2 Å². The molecule has 15 nitrogen and oxygen atoms in total. The Bertz CT molecular complexity index is 1570. The van der Waals surface area contributed by atoms with E-state index in [1.54, 1.807) is 28.1 Å². The minimum atomic E-state index is -5.08. The number of Topliss-reactive ketones (excluding diaryl/α,β-unsaturated/α-hetero) is 1. The van der Waals surface area contributed by atoms with E-state index in [9.17, 15) is 32.3 Å². The summed E-state index contributed by atoms with van der Waals surface area (Å²) in [7, 11) is 3.26. The molecule has 0 bridgehead atoms. The number of carboxylic acid groups (broad SMARTS) is 1. The molecule has 2 aliphatic rings. The number of alkyl halides is 3. The number of ether oxygens (including phenoxy) is 6. The number of nitrogens with two attached hydrogens (primary N) is 2. The van der Waals surface area contributed by atoms with Crippen molar-refractivity contribution >= 4 is 29.7 Å². The maximum Gasteiger partial charge on any atom is 0.490 e. The topological polar surface area (TPSA) is 216 Å². The molecule has 1 aromatic rings. The van der Waals surface area contributed by atoms with E-state index in [1.807, 2.05) is 32.0 Å². The molecular formula is C41H64F3N3O12. The number of primary amides is 1. The quantitative estimate of drug-likeness (QED) is 0.0693. The maximum atomic E-state index is 13.7. The molecule has 3 rings (SSSR count). The van der Waals surface area contributed by atoms with Crippen LogP contribution in [-0.4, -0.2) is 104 Å². The van der Waals surface area contributed by atoms with E-state index in [2.05, 4.69) is 13.8 Å². The molecule has 1 unspecified atom stereocenters. The molecule has 18 heteroatoms. The highest BCUT2D eigenvalue weighted by Gasteiger charge is 2.49. The fourth-order valence-corrected chi connectivity index (χ4v) is 6.44. The first kappa shape index (κ1) is 51.0. The third kappa shape index (κ3) is 16.1. The molecule has 0 radical (unpaired) electrons. The molecule has 1 saturated carbocycles. The lowest BCUT2D eigenvalue weighted by molar-refractivity contribution is -0.192. The normalized spacial score (nSPS) is 18.9. The SMILES string of the molecule is COCCCOc1cc(C[C@@H](C[C@H]2[C@H](C[C@H](C(=O)CCC(C)(C)C(N)=O)C(C)C)OCN2C(=O)OC(C)OC(=O)C2(N)CC2)C(C)C)ccc1OC.O=C(O)C(F)(F)F. The molecular weight excluding hydrogens is 783 g/mol. The summed E-state index contributed by atoms with van der Waals surface area (Å²) in [5, 5.41) is 7.12. The average molecular weight is 848 g/mol. The molecule has 0 aromatic heterocycles. The molecule has 59 heavy (non-hydrogen) atoms. The zero-order valence-corrected chi connectivity index (χ0v) is 35.7. The Hall–Kier alpha value is -4.16. The van der Waals surface area contributed by atoms with Crippen LogP contribution in [0.4, 0.5) is 18.0 Å². The maximum absolute atomic E-state index is 13.7. The van der Waals surface area contributed by atoms with Crippen LogP contribution in [0.3, 0.4) is 0 Å². The summed E-state index contributed by atoms with van der Waals surface area (Å²) in [6, 6.07) is 5.48. The van der Waals surface area contributed by atoms with E-state index in [-0.39, 0.29) is 42.6 Å². The van der Waals surface area contributed by atoms with Gasteiger partial charge in [-0.05, 0) is 74.0 Å². The number of rotatable bonds is 22. The van der Waals surface area contributed by atoms with Gasteiger partial charge in [0.25, 0.3) is 0 Å². The number of methoxy groups -OCH3 is 2. The molecule has 1 aromatic carbocycles. The number of halogens is 3. The van der Waals surface area contributed by atoms with E-state index < -0.39 is 59.5 Å². The van der Waals surface area contributed by atoms with Gasteiger partial charge < -0.3 is 45.0 Å². The van der Waals surface area contributed by atoms with Crippen LogP contribution in [0.5, 0.6) is 11.5 Å². The highest BCUT2D eigenvalue weighted by Crippen LogP contribution is 2.37. The molecule has 336 valence electrons. The predicted octanol–water partition coefficient (Wildman–Crippen LogP) is 6.02. The van der Waals surface area contributed by atoms with Crippen molar-refractivity contribution in [1.29, 1.82) is 0 Å². The highest BCUT2D eigenvalue weighted by atomic mass is 19.4. The number of carboxylic acids is 1. The second kappa shape index (κ2) is 22.4. The summed E-state index contributed by atoms with van der Waals surface area (Å²) in [5.41, 5.74) is 10.8. The van der Waals surface area contributed by atoms with Crippen LogP contribution < -0.4 is 20.9 Å². The lowest BCUT2D eigenvalue weighted by Gasteiger charge is -2.33. The third-order valence-corrected chi connectivity index (χ3v) is 10.8. The van der Waals surface area contributed by atoms with Crippen molar-refractivity contribution in [2.24, 2.45) is 40.6 Å². The van der Waals surface area contributed by atoms with Crippen molar-refractivity contribution in [2.75, 3.05) is 34.2 Å². The van der Waals surface area contributed by atoms with Crippen LogP contribution in [0.15, 0.2) is 18.2 Å². The largest absolute Gasteiger partial charge is 0.493 e. The van der Waals surface area contributed by atoms with Gasteiger partial charge in [0.05, 0.1) is 25.9 Å². The molecule has 1 aliphatic heterocycles. The summed E-state index contributed by atoms with van der Waals surface area (Å²) < 4.78 is 65.8. The average Bonchev–Trinajstić information content (AvgIpc) is 3.78. The fraction of sp³-hybridized carbons (Fsp3) is 0.732. The minimum absolute atomic E-state index is 0.0117. The Labute approximate surface area is 344 Å². The molecule has 1 aliphatic carbocycles. The van der Waals surface area contributed by atoms with Gasteiger partial charge in [-0.1, -0.05) is 47.6 Å². The molecule has 5 atom stereocenters. The van der Waals surface area contributed by atoms with E-state index >= 15 is 0 Å². The number of carbonyl (C=O) groups excluding carboxylic acids is 4. The van der Waals surface area contributed by atoms with E-state index in [1.165, 1.54) is 11.8 Å². The van der Waals surface area contributed by atoms with Crippen molar-refractivity contribution in [1.82, 2.24) is 4.90 Å². The second-order valence-corrected chi connectivity index (χ2v) is 16.6. The summed E-state index contributed by atoms with van der Waals surface area (Å²) in [6.07, 6.45) is -3.42. The van der Waals surface area contributed by atoms with Gasteiger partial charge in [0.1, 0.15) is 18.1 Å². The van der Waals surface area contributed by atoms with Crippen molar-refractivity contribution in [3.05, 3.63) is 23.8 Å². The first-order valence-corrected chi connectivity index (χ1v) is 19.9. The number of hydrogen-bond acceptors (Lipinski definition) is 12. The van der Waals surface area contributed by atoms with Gasteiger partial charge in [0.2, 0.25) is 12.2 Å². The smallest absolute Gasteiger partial charge is 0.490 e. The third-order valence-electron chi connectivity index (χ3n) is 10.8. The Morgan fingerprint density at radius 3 is 2.10 bits per heavy atom. The minimum Gasteiger partial charge on any atom is -0.493 e. The number of amides is 2. The van der Waals surface area contributed by atoms with Gasteiger partial charge in [0, 0.05) is 44.8 Å². The number of ketones is 1. The van der Waals surface area contributed by atoms with Gasteiger partial charge in [0.15, 0.2) is 11.5 Å². The number of benzene rings is 1. The van der Waals surface area contributed by atoms with Gasteiger partial charge in [-0.2, -0.15) is 13.2 Å². The first-order chi connectivity index (χ1) is 27.4. The monoisotopic (exact) mass is 847 g/mol. The van der Waals surface area contributed by atoms with Crippen LogP contribution >= 0.6 is 0 Å². The zero-order valence-electron chi connectivity index (χ0n) is 35.7. The van der Waals surface area contributed by atoms with Crippen molar-refractivity contribution in [3.8, 4) is 11.5 Å². The van der Waals surface area contributed by atoms with Gasteiger partial charge >= 0.3 is 24.2 Å². The van der Waals surface area contributed by atoms with Crippen molar-refractivity contribution in [2.45, 2.75) is 130 Å². The number of hydrogen-bond donors (Lipinski definition) is 3. The Morgan fingerprint density at radius 2 is 1.59 bits per heavy atom. The van der Waals surface area contributed by atoms with Crippen molar-refractivity contribution < 1.29 is 70.7 Å². The molecule has 1 saturated heterocycles. The predicted molar refractivity (Wildman–Crippen MR) is 209 cm³/mol. The standard InChI is InChI=1S/C39H63N3O10.C2HF3O2/c1-24(2)28(19-27-11-12-32(48-9)34(20-27)49-18-10-17-47-8)21-30-33(22-29(25(3)4)31(43)13-14-38(6,7)35(40)44)50-23-42(30)37(46)52-26(5)51-36(45)39(41)15-16-39;3-2(4,5)1(6)7/h11-12,20,24-26,28-30,33H,10,13-19,21-23,41H2,1-9H3,(H2,40,44);(H,6,7)/t26?,28-,29-,30-,33-;/m0./s1. The Morgan fingerprint density at radius 1 is 0.966 bits per heavy atom. The molecule has 2 fully saturated rings. The number of carbonyl (C=O) groups is 5. The van der Waals surface area contributed by atoms with Crippen molar-refractivity contribution in [3.63, 3.8) is 0 Å². The zero-order chi connectivity index (χ0) is 44.9. The van der Waals surface area contributed by atoms with Gasteiger partial charge in [-0.3, -0.25) is 14.5 Å². The molecule has 5 N–H and O–H groups in total. The van der Waals surface area contributed by atoms with Crippen LogP contribution in [-0.2, 0) is 44.5 Å². The molecule has 0 spiro atoms. The van der Waals surface area contributed by atoms with Gasteiger partial charge in [-0.25, -0.2) is 14.4 Å². The summed E-state index contributed by atoms with van der Waals surface area (Å²) in [6.45, 7) is 14.3. The summed E-state index contributed by atoms with van der Waals surface area (Å²) in [4.78, 5) is 62.2. The lowest BCUT2D eigenvalue weighted by atomic mass is 9.78.